The third kappa shape index (κ3) is 3.36. The van der Waals surface area contributed by atoms with Gasteiger partial charge in [-0.15, -0.1) is 0 Å². The van der Waals surface area contributed by atoms with Gasteiger partial charge in [-0.1, -0.05) is 36.4 Å². The second-order valence-electron chi connectivity index (χ2n) is 4.26. The third-order valence-electron chi connectivity index (χ3n) is 2.84. The smallest absolute Gasteiger partial charge is 0.414 e. The molecule has 1 amide bonds. The average Bonchev–Trinajstić information content (AvgIpc) is 2.53. The minimum absolute atomic E-state index is 0.224. The number of hydrogen-bond donors (Lipinski definition) is 0. The molecule has 0 unspecified atom stereocenters. The van der Waals surface area contributed by atoms with Crippen LogP contribution in [0.3, 0.4) is 0 Å². The summed E-state index contributed by atoms with van der Waals surface area (Å²) in [5, 5.41) is 8.85. The highest BCUT2D eigenvalue weighted by atomic mass is 16.6. The van der Waals surface area contributed by atoms with E-state index in [0.717, 1.165) is 5.56 Å². The first-order valence-corrected chi connectivity index (χ1v) is 6.15. The van der Waals surface area contributed by atoms with Crippen LogP contribution < -0.4 is 4.90 Å². The van der Waals surface area contributed by atoms with Crippen molar-refractivity contribution < 1.29 is 9.53 Å². The SMILES string of the molecule is CN(C(=O)OCc1ccccc1)c1cccc(C#N)c1. The van der Waals surface area contributed by atoms with Crippen LogP contribution in [0.1, 0.15) is 11.1 Å². The molecular weight excluding hydrogens is 252 g/mol. The molecule has 20 heavy (non-hydrogen) atoms. The van der Waals surface area contributed by atoms with Gasteiger partial charge in [-0.25, -0.2) is 4.79 Å². The second-order valence-corrected chi connectivity index (χ2v) is 4.26. The Kier molecular flexibility index (Phi) is 4.35. The average molecular weight is 266 g/mol. The van der Waals surface area contributed by atoms with E-state index >= 15 is 0 Å². The van der Waals surface area contributed by atoms with Crippen LogP contribution in [0.25, 0.3) is 0 Å². The molecule has 0 bridgehead atoms. The van der Waals surface area contributed by atoms with E-state index in [2.05, 4.69) is 0 Å². The van der Waals surface area contributed by atoms with Crippen molar-refractivity contribution in [1.82, 2.24) is 0 Å². The molecule has 0 saturated heterocycles. The molecule has 2 aromatic carbocycles. The van der Waals surface area contributed by atoms with Gasteiger partial charge in [-0.05, 0) is 23.8 Å². The minimum atomic E-state index is -0.455. The topological polar surface area (TPSA) is 53.3 Å². The van der Waals surface area contributed by atoms with E-state index in [-0.39, 0.29) is 6.61 Å². The zero-order chi connectivity index (χ0) is 14.4. The summed E-state index contributed by atoms with van der Waals surface area (Å²) in [6.07, 6.45) is -0.455. The maximum atomic E-state index is 11.9. The predicted molar refractivity (Wildman–Crippen MR) is 76.2 cm³/mol. The number of carbonyl (C=O) groups is 1. The monoisotopic (exact) mass is 266 g/mol. The lowest BCUT2D eigenvalue weighted by Gasteiger charge is -2.17. The molecule has 0 N–H and O–H groups in total. The van der Waals surface area contributed by atoms with E-state index in [9.17, 15) is 4.79 Å². The number of ether oxygens (including phenoxy) is 1. The van der Waals surface area contributed by atoms with Gasteiger partial charge in [-0.3, -0.25) is 4.90 Å². The Balaban J connectivity index is 2.00. The highest BCUT2D eigenvalue weighted by Gasteiger charge is 2.12. The van der Waals surface area contributed by atoms with Crippen LogP contribution in [0.5, 0.6) is 0 Å². The molecule has 0 atom stereocenters. The number of amides is 1. The van der Waals surface area contributed by atoms with Crippen LogP contribution >= 0.6 is 0 Å². The van der Waals surface area contributed by atoms with Crippen molar-refractivity contribution >= 4 is 11.8 Å². The van der Waals surface area contributed by atoms with Gasteiger partial charge in [0.2, 0.25) is 0 Å². The first-order valence-electron chi connectivity index (χ1n) is 6.15. The Labute approximate surface area is 117 Å². The molecule has 4 nitrogen and oxygen atoms in total. The molecule has 2 aromatic rings. The Hall–Kier alpha value is -2.80. The number of nitriles is 1. The maximum Gasteiger partial charge on any atom is 0.414 e. The van der Waals surface area contributed by atoms with E-state index in [1.807, 2.05) is 36.4 Å². The van der Waals surface area contributed by atoms with E-state index in [1.54, 1.807) is 31.3 Å². The number of benzene rings is 2. The molecule has 4 heteroatoms. The lowest BCUT2D eigenvalue weighted by atomic mass is 10.2. The number of anilines is 1. The molecule has 0 heterocycles. The molecule has 0 aliphatic carbocycles. The largest absolute Gasteiger partial charge is 0.444 e. The van der Waals surface area contributed by atoms with Crippen LogP contribution in [-0.2, 0) is 11.3 Å². The molecule has 2 rings (SSSR count). The highest BCUT2D eigenvalue weighted by Crippen LogP contribution is 2.15. The van der Waals surface area contributed by atoms with Gasteiger partial charge in [-0.2, -0.15) is 5.26 Å². The summed E-state index contributed by atoms with van der Waals surface area (Å²) in [6.45, 7) is 0.224. The molecule has 0 radical (unpaired) electrons. The molecule has 0 aliphatic rings. The van der Waals surface area contributed by atoms with Crippen molar-refractivity contribution in [3.05, 3.63) is 65.7 Å². The van der Waals surface area contributed by atoms with E-state index in [4.69, 9.17) is 10.00 Å². The molecule has 0 aliphatic heterocycles. The van der Waals surface area contributed by atoms with Crippen LogP contribution in [0.15, 0.2) is 54.6 Å². The maximum absolute atomic E-state index is 11.9. The summed E-state index contributed by atoms with van der Waals surface area (Å²) in [5.74, 6) is 0. The van der Waals surface area contributed by atoms with Crippen LogP contribution in [0.4, 0.5) is 10.5 Å². The van der Waals surface area contributed by atoms with Crippen molar-refractivity contribution in [3.63, 3.8) is 0 Å². The van der Waals surface area contributed by atoms with Crippen molar-refractivity contribution in [2.24, 2.45) is 0 Å². The number of carbonyl (C=O) groups excluding carboxylic acids is 1. The fourth-order valence-electron chi connectivity index (χ4n) is 1.71. The summed E-state index contributed by atoms with van der Waals surface area (Å²) in [5.41, 5.74) is 2.06. The molecule has 0 saturated carbocycles. The van der Waals surface area contributed by atoms with Crippen molar-refractivity contribution in [3.8, 4) is 6.07 Å². The fraction of sp³-hybridized carbons (Fsp3) is 0.125. The standard InChI is InChI=1S/C16H14N2O2/c1-18(15-9-5-8-14(10-15)11-17)16(19)20-12-13-6-3-2-4-7-13/h2-10H,12H2,1H3. The number of nitrogens with zero attached hydrogens (tertiary/aromatic N) is 2. The Bertz CT molecular complexity index is 632. The first-order chi connectivity index (χ1) is 9.70. The van der Waals surface area contributed by atoms with E-state index < -0.39 is 6.09 Å². The van der Waals surface area contributed by atoms with Gasteiger partial charge in [0.15, 0.2) is 0 Å². The number of hydrogen-bond acceptors (Lipinski definition) is 3. The van der Waals surface area contributed by atoms with Gasteiger partial charge >= 0.3 is 6.09 Å². The van der Waals surface area contributed by atoms with Gasteiger partial charge in [0, 0.05) is 12.7 Å². The highest BCUT2D eigenvalue weighted by molar-refractivity contribution is 5.87. The lowest BCUT2D eigenvalue weighted by molar-refractivity contribution is 0.148. The normalized spacial score (nSPS) is 9.60. The zero-order valence-electron chi connectivity index (χ0n) is 11.1. The predicted octanol–water partition coefficient (Wildman–Crippen LogP) is 3.33. The zero-order valence-corrected chi connectivity index (χ0v) is 11.1. The van der Waals surface area contributed by atoms with Gasteiger partial charge < -0.3 is 4.74 Å². The number of rotatable bonds is 3. The summed E-state index contributed by atoms with van der Waals surface area (Å²) in [6, 6.07) is 18.3. The van der Waals surface area contributed by atoms with Crippen molar-refractivity contribution in [2.45, 2.75) is 6.61 Å². The van der Waals surface area contributed by atoms with Gasteiger partial charge in [0.1, 0.15) is 6.61 Å². The lowest BCUT2D eigenvalue weighted by Crippen LogP contribution is -2.26. The fourth-order valence-corrected chi connectivity index (χ4v) is 1.71. The van der Waals surface area contributed by atoms with E-state index in [0.29, 0.717) is 11.3 Å². The minimum Gasteiger partial charge on any atom is -0.444 e. The summed E-state index contributed by atoms with van der Waals surface area (Å²) in [4.78, 5) is 13.3. The summed E-state index contributed by atoms with van der Waals surface area (Å²) in [7, 11) is 1.61. The summed E-state index contributed by atoms with van der Waals surface area (Å²) >= 11 is 0. The van der Waals surface area contributed by atoms with Gasteiger partial charge in [0.05, 0.1) is 11.6 Å². The second kappa shape index (κ2) is 6.39. The van der Waals surface area contributed by atoms with Crippen LogP contribution in [-0.4, -0.2) is 13.1 Å². The van der Waals surface area contributed by atoms with Crippen molar-refractivity contribution in [1.29, 1.82) is 5.26 Å². The first kappa shape index (κ1) is 13.6. The van der Waals surface area contributed by atoms with Crippen molar-refractivity contribution in [2.75, 3.05) is 11.9 Å². The van der Waals surface area contributed by atoms with Gasteiger partial charge in [0.25, 0.3) is 0 Å². The molecule has 0 aromatic heterocycles. The quantitative estimate of drug-likeness (QED) is 0.856. The molecule has 0 spiro atoms. The molecule has 0 fully saturated rings. The Morgan fingerprint density at radius 3 is 2.65 bits per heavy atom. The Morgan fingerprint density at radius 2 is 1.95 bits per heavy atom. The summed E-state index contributed by atoms with van der Waals surface area (Å²) < 4.78 is 5.22. The molecule has 100 valence electrons. The van der Waals surface area contributed by atoms with E-state index in [1.165, 1.54) is 4.90 Å². The van der Waals surface area contributed by atoms with Crippen LogP contribution in [0.2, 0.25) is 0 Å². The molecular formula is C16H14N2O2. The Morgan fingerprint density at radius 1 is 1.20 bits per heavy atom. The third-order valence-corrected chi connectivity index (χ3v) is 2.84. The van der Waals surface area contributed by atoms with Crippen LogP contribution in [0, 0.1) is 11.3 Å².